The third-order valence-corrected chi connectivity index (χ3v) is 3.19. The van der Waals surface area contributed by atoms with Crippen LogP contribution in [0.4, 0.5) is 11.5 Å². The standard InChI is InChI=1S/C12H9BrClN3O/c13-9-2-1-5-16-11(9)17-12(18)8-6-7(15)3-4-10(8)14/h1-6H,15H2,(H,16,17,18). The third-order valence-electron chi connectivity index (χ3n) is 2.23. The van der Waals surface area contributed by atoms with Crippen molar-refractivity contribution in [3.63, 3.8) is 0 Å². The number of nitrogens with two attached hydrogens (primary N) is 1. The molecule has 0 aliphatic rings. The Morgan fingerprint density at radius 3 is 2.89 bits per heavy atom. The van der Waals surface area contributed by atoms with Crippen LogP contribution in [0.2, 0.25) is 5.02 Å². The SMILES string of the molecule is Nc1ccc(Cl)c(C(=O)Nc2ncccc2Br)c1. The van der Waals surface area contributed by atoms with Gasteiger partial charge in [-0.1, -0.05) is 11.6 Å². The Kier molecular flexibility index (Phi) is 3.84. The third kappa shape index (κ3) is 2.80. The largest absolute Gasteiger partial charge is 0.399 e. The van der Waals surface area contributed by atoms with Gasteiger partial charge in [0.05, 0.1) is 15.1 Å². The van der Waals surface area contributed by atoms with E-state index >= 15 is 0 Å². The van der Waals surface area contributed by atoms with Gasteiger partial charge in [0, 0.05) is 11.9 Å². The summed E-state index contributed by atoms with van der Waals surface area (Å²) >= 11 is 9.24. The van der Waals surface area contributed by atoms with Crippen molar-refractivity contribution in [1.29, 1.82) is 0 Å². The van der Waals surface area contributed by atoms with Crippen molar-refractivity contribution >= 4 is 44.9 Å². The van der Waals surface area contributed by atoms with Crippen molar-refractivity contribution in [2.24, 2.45) is 0 Å². The second kappa shape index (κ2) is 5.37. The fourth-order valence-electron chi connectivity index (χ4n) is 1.37. The van der Waals surface area contributed by atoms with Crippen molar-refractivity contribution in [3.05, 3.63) is 51.6 Å². The van der Waals surface area contributed by atoms with E-state index in [2.05, 4.69) is 26.2 Å². The molecule has 2 rings (SSSR count). The summed E-state index contributed by atoms with van der Waals surface area (Å²) in [5.41, 5.74) is 6.42. The number of halogens is 2. The van der Waals surface area contributed by atoms with Gasteiger partial charge < -0.3 is 11.1 Å². The van der Waals surface area contributed by atoms with Crippen molar-refractivity contribution < 1.29 is 4.79 Å². The molecule has 1 heterocycles. The molecule has 0 saturated carbocycles. The maximum Gasteiger partial charge on any atom is 0.258 e. The maximum absolute atomic E-state index is 12.0. The second-order valence-corrected chi connectivity index (χ2v) is 4.79. The number of amides is 1. The number of pyridine rings is 1. The number of hydrogen-bond acceptors (Lipinski definition) is 3. The predicted octanol–water partition coefficient (Wildman–Crippen LogP) is 3.33. The Balaban J connectivity index is 2.28. The molecule has 0 aliphatic heterocycles. The number of anilines is 2. The fourth-order valence-corrected chi connectivity index (χ4v) is 1.93. The van der Waals surface area contributed by atoms with E-state index in [1.807, 2.05) is 0 Å². The molecule has 1 aromatic heterocycles. The Bertz CT molecular complexity index is 604. The van der Waals surface area contributed by atoms with Crippen LogP contribution in [0.15, 0.2) is 41.0 Å². The zero-order chi connectivity index (χ0) is 13.1. The molecule has 0 unspecified atom stereocenters. The molecular formula is C12H9BrClN3O. The van der Waals surface area contributed by atoms with Gasteiger partial charge >= 0.3 is 0 Å². The number of nitrogens with zero attached hydrogens (tertiary/aromatic N) is 1. The summed E-state index contributed by atoms with van der Waals surface area (Å²) in [6.45, 7) is 0. The highest BCUT2D eigenvalue weighted by molar-refractivity contribution is 9.10. The smallest absolute Gasteiger partial charge is 0.258 e. The first-order chi connectivity index (χ1) is 8.58. The van der Waals surface area contributed by atoms with Gasteiger partial charge in [0.1, 0.15) is 5.82 Å². The highest BCUT2D eigenvalue weighted by Crippen LogP contribution is 2.22. The Labute approximate surface area is 117 Å². The Morgan fingerprint density at radius 2 is 2.17 bits per heavy atom. The minimum absolute atomic E-state index is 0.314. The molecule has 1 amide bonds. The summed E-state index contributed by atoms with van der Waals surface area (Å²) in [5.74, 6) is 0.0766. The lowest BCUT2D eigenvalue weighted by atomic mass is 10.2. The van der Waals surface area contributed by atoms with Gasteiger partial charge in [-0.15, -0.1) is 0 Å². The molecule has 0 spiro atoms. The van der Waals surface area contributed by atoms with Crippen LogP contribution in [0, 0.1) is 0 Å². The zero-order valence-electron chi connectivity index (χ0n) is 9.15. The van der Waals surface area contributed by atoms with Crippen LogP contribution in [0.1, 0.15) is 10.4 Å². The summed E-state index contributed by atoms with van der Waals surface area (Å²) in [4.78, 5) is 16.1. The normalized spacial score (nSPS) is 10.1. The summed E-state index contributed by atoms with van der Waals surface area (Å²) in [7, 11) is 0. The van der Waals surface area contributed by atoms with Gasteiger partial charge in [0.15, 0.2) is 0 Å². The average Bonchev–Trinajstić information content (AvgIpc) is 2.35. The quantitative estimate of drug-likeness (QED) is 0.832. The molecule has 6 heteroatoms. The van der Waals surface area contributed by atoms with E-state index < -0.39 is 0 Å². The van der Waals surface area contributed by atoms with Crippen molar-refractivity contribution in [1.82, 2.24) is 4.98 Å². The lowest BCUT2D eigenvalue weighted by Crippen LogP contribution is -2.14. The fraction of sp³-hybridized carbons (Fsp3) is 0. The average molecular weight is 327 g/mol. The van der Waals surface area contributed by atoms with Crippen LogP contribution in [0.3, 0.4) is 0 Å². The number of benzene rings is 1. The van der Waals surface area contributed by atoms with Crippen LogP contribution in [0.25, 0.3) is 0 Å². The number of nitrogen functional groups attached to an aromatic ring is 1. The van der Waals surface area contributed by atoms with E-state index in [-0.39, 0.29) is 5.91 Å². The van der Waals surface area contributed by atoms with Crippen LogP contribution in [0.5, 0.6) is 0 Å². The topological polar surface area (TPSA) is 68.0 Å². The van der Waals surface area contributed by atoms with Gasteiger partial charge in [-0.05, 0) is 46.3 Å². The number of hydrogen-bond donors (Lipinski definition) is 2. The highest BCUT2D eigenvalue weighted by Gasteiger charge is 2.12. The summed E-state index contributed by atoms with van der Waals surface area (Å²) in [5, 5.41) is 3.00. The van der Waals surface area contributed by atoms with Gasteiger partial charge in [0.2, 0.25) is 0 Å². The molecule has 0 radical (unpaired) electrons. The molecule has 0 aliphatic carbocycles. The molecule has 18 heavy (non-hydrogen) atoms. The van der Waals surface area contributed by atoms with Crippen LogP contribution >= 0.6 is 27.5 Å². The van der Waals surface area contributed by atoms with E-state index in [1.165, 1.54) is 6.07 Å². The van der Waals surface area contributed by atoms with Gasteiger partial charge in [-0.3, -0.25) is 4.79 Å². The lowest BCUT2D eigenvalue weighted by Gasteiger charge is -2.08. The molecule has 0 saturated heterocycles. The monoisotopic (exact) mass is 325 g/mol. The van der Waals surface area contributed by atoms with Crippen molar-refractivity contribution in [2.45, 2.75) is 0 Å². The molecule has 1 aromatic carbocycles. The molecule has 0 bridgehead atoms. The highest BCUT2D eigenvalue weighted by atomic mass is 79.9. The first kappa shape index (κ1) is 12.9. The second-order valence-electron chi connectivity index (χ2n) is 3.53. The first-order valence-electron chi connectivity index (χ1n) is 5.05. The van der Waals surface area contributed by atoms with E-state index in [4.69, 9.17) is 17.3 Å². The van der Waals surface area contributed by atoms with E-state index in [0.717, 1.165) is 0 Å². The van der Waals surface area contributed by atoms with Crippen LogP contribution in [-0.2, 0) is 0 Å². The number of nitrogens with one attached hydrogen (secondary N) is 1. The molecule has 0 fully saturated rings. The zero-order valence-corrected chi connectivity index (χ0v) is 11.5. The maximum atomic E-state index is 12.0. The van der Waals surface area contributed by atoms with Gasteiger partial charge in [-0.2, -0.15) is 0 Å². The number of carbonyl (C=O) groups is 1. The summed E-state index contributed by atoms with van der Waals surface area (Å²) in [6, 6.07) is 8.28. The van der Waals surface area contributed by atoms with Crippen LogP contribution in [-0.4, -0.2) is 10.9 Å². The number of carbonyl (C=O) groups excluding carboxylic acids is 1. The number of rotatable bonds is 2. The predicted molar refractivity (Wildman–Crippen MR) is 75.8 cm³/mol. The Hall–Kier alpha value is -1.59. The minimum atomic E-state index is -0.355. The lowest BCUT2D eigenvalue weighted by molar-refractivity contribution is 0.102. The van der Waals surface area contributed by atoms with Gasteiger partial charge in [0.25, 0.3) is 5.91 Å². The summed E-state index contributed by atoms with van der Waals surface area (Å²) in [6.07, 6.45) is 1.58. The van der Waals surface area contributed by atoms with Crippen molar-refractivity contribution in [2.75, 3.05) is 11.1 Å². The molecule has 2 aromatic rings. The molecular weight excluding hydrogens is 318 g/mol. The molecule has 4 nitrogen and oxygen atoms in total. The van der Waals surface area contributed by atoms with E-state index in [0.29, 0.717) is 26.6 Å². The van der Waals surface area contributed by atoms with Gasteiger partial charge in [-0.25, -0.2) is 4.98 Å². The molecule has 0 atom stereocenters. The Morgan fingerprint density at radius 1 is 1.39 bits per heavy atom. The summed E-state index contributed by atoms with van der Waals surface area (Å²) < 4.78 is 0.693. The number of aromatic nitrogens is 1. The first-order valence-corrected chi connectivity index (χ1v) is 6.22. The van der Waals surface area contributed by atoms with E-state index in [9.17, 15) is 4.79 Å². The molecule has 3 N–H and O–H groups in total. The molecule has 92 valence electrons. The van der Waals surface area contributed by atoms with E-state index in [1.54, 1.807) is 30.5 Å². The minimum Gasteiger partial charge on any atom is -0.399 e. The van der Waals surface area contributed by atoms with Crippen molar-refractivity contribution in [3.8, 4) is 0 Å². The van der Waals surface area contributed by atoms with Crippen LogP contribution < -0.4 is 11.1 Å².